The molecule has 0 aromatic heterocycles. The Labute approximate surface area is 82.9 Å². The van der Waals surface area contributed by atoms with Crippen molar-refractivity contribution in [2.45, 2.75) is 38.9 Å². The molecule has 1 aliphatic rings. The van der Waals surface area contributed by atoms with Crippen molar-refractivity contribution < 1.29 is 19.1 Å². The highest BCUT2D eigenvalue weighted by molar-refractivity contribution is 6.14. The lowest BCUT2D eigenvalue weighted by atomic mass is 10.1. The van der Waals surface area contributed by atoms with E-state index in [-0.39, 0.29) is 5.57 Å². The van der Waals surface area contributed by atoms with Gasteiger partial charge in [0.05, 0.1) is 0 Å². The molecule has 0 aliphatic carbocycles. The maximum absolute atomic E-state index is 11.2. The van der Waals surface area contributed by atoms with E-state index in [1.165, 1.54) is 0 Å². The standard InChI is InChI=1S/C10H14O4/c1-4-6-10(5-2)13-8(11)7(3)9(12)14-10/h3-6H2,1-2H3. The number of esters is 2. The summed E-state index contributed by atoms with van der Waals surface area (Å²) in [5.74, 6) is -2.41. The zero-order valence-electron chi connectivity index (χ0n) is 8.46. The topological polar surface area (TPSA) is 52.6 Å². The first kappa shape index (κ1) is 10.8. The number of hydrogen-bond acceptors (Lipinski definition) is 4. The number of rotatable bonds is 3. The average Bonchev–Trinajstić information content (AvgIpc) is 2.15. The van der Waals surface area contributed by atoms with E-state index >= 15 is 0 Å². The molecule has 1 saturated heterocycles. The van der Waals surface area contributed by atoms with Crippen LogP contribution in [0.1, 0.15) is 33.1 Å². The Bertz CT molecular complexity index is 260. The lowest BCUT2D eigenvalue weighted by Gasteiger charge is -2.35. The predicted molar refractivity (Wildman–Crippen MR) is 49.3 cm³/mol. The van der Waals surface area contributed by atoms with Crippen molar-refractivity contribution in [3.8, 4) is 0 Å². The van der Waals surface area contributed by atoms with Crippen LogP contribution in [0.25, 0.3) is 0 Å². The maximum Gasteiger partial charge on any atom is 0.348 e. The minimum absolute atomic E-state index is 0.231. The summed E-state index contributed by atoms with van der Waals surface area (Å²) in [4.78, 5) is 22.5. The molecule has 4 nitrogen and oxygen atoms in total. The van der Waals surface area contributed by atoms with E-state index < -0.39 is 17.7 Å². The lowest BCUT2D eigenvalue weighted by Crippen LogP contribution is -2.45. The number of hydrogen-bond donors (Lipinski definition) is 0. The SMILES string of the molecule is C=C1C(=O)OC(CC)(CCC)OC1=O. The van der Waals surface area contributed by atoms with Gasteiger partial charge in [-0.25, -0.2) is 9.59 Å². The van der Waals surface area contributed by atoms with Gasteiger partial charge in [-0.1, -0.05) is 20.4 Å². The molecule has 1 fully saturated rings. The second-order valence-corrected chi connectivity index (χ2v) is 3.27. The van der Waals surface area contributed by atoms with Crippen LogP contribution in [0, 0.1) is 0 Å². The third-order valence-electron chi connectivity index (χ3n) is 2.22. The van der Waals surface area contributed by atoms with Gasteiger partial charge in [0.15, 0.2) is 0 Å². The van der Waals surface area contributed by atoms with Crippen LogP contribution in [0.5, 0.6) is 0 Å². The summed E-state index contributed by atoms with van der Waals surface area (Å²) in [7, 11) is 0. The lowest BCUT2D eigenvalue weighted by molar-refractivity contribution is -0.238. The molecule has 0 atom stereocenters. The summed E-state index contributed by atoms with van der Waals surface area (Å²) >= 11 is 0. The zero-order valence-corrected chi connectivity index (χ0v) is 8.46. The Balaban J connectivity index is 2.86. The Kier molecular flexibility index (Phi) is 2.93. The molecule has 1 heterocycles. The van der Waals surface area contributed by atoms with Gasteiger partial charge in [-0.15, -0.1) is 0 Å². The molecule has 0 aromatic rings. The van der Waals surface area contributed by atoms with Crippen LogP contribution < -0.4 is 0 Å². The largest absolute Gasteiger partial charge is 0.419 e. The fraction of sp³-hybridized carbons (Fsp3) is 0.600. The molecule has 78 valence electrons. The van der Waals surface area contributed by atoms with Crippen LogP contribution in [0.4, 0.5) is 0 Å². The highest BCUT2D eigenvalue weighted by atomic mass is 16.7. The van der Waals surface area contributed by atoms with Gasteiger partial charge < -0.3 is 9.47 Å². The van der Waals surface area contributed by atoms with E-state index in [9.17, 15) is 9.59 Å². The van der Waals surface area contributed by atoms with Crippen LogP contribution in [-0.2, 0) is 19.1 Å². The Morgan fingerprint density at radius 1 is 1.21 bits per heavy atom. The predicted octanol–water partition coefficient (Wildman–Crippen LogP) is 1.55. The van der Waals surface area contributed by atoms with Crippen LogP contribution in [0.3, 0.4) is 0 Å². The molecule has 0 amide bonds. The molecule has 0 aromatic carbocycles. The second kappa shape index (κ2) is 3.82. The molecule has 0 spiro atoms. The quantitative estimate of drug-likeness (QED) is 0.392. The summed E-state index contributed by atoms with van der Waals surface area (Å²) in [6.45, 7) is 7.03. The molecular formula is C10H14O4. The van der Waals surface area contributed by atoms with Crippen molar-refractivity contribution in [1.29, 1.82) is 0 Å². The number of cyclic esters (lactones) is 2. The summed E-state index contributed by atoms with van der Waals surface area (Å²) in [5.41, 5.74) is -0.231. The normalized spacial score (nSPS) is 20.3. The number of carbonyl (C=O) groups is 2. The monoisotopic (exact) mass is 198 g/mol. The number of ether oxygens (including phenoxy) is 2. The van der Waals surface area contributed by atoms with Crippen LogP contribution in [0.2, 0.25) is 0 Å². The Morgan fingerprint density at radius 3 is 2.07 bits per heavy atom. The summed E-state index contributed by atoms with van der Waals surface area (Å²) in [6, 6.07) is 0. The van der Waals surface area contributed by atoms with Gasteiger partial charge in [0.1, 0.15) is 5.57 Å². The first-order chi connectivity index (χ1) is 6.54. The minimum Gasteiger partial charge on any atom is -0.419 e. The molecule has 0 N–H and O–H groups in total. The third-order valence-corrected chi connectivity index (χ3v) is 2.22. The first-order valence-corrected chi connectivity index (χ1v) is 4.70. The highest BCUT2D eigenvalue weighted by Crippen LogP contribution is 2.30. The fourth-order valence-corrected chi connectivity index (χ4v) is 1.37. The summed E-state index contributed by atoms with van der Waals surface area (Å²) < 4.78 is 10.1. The Hall–Kier alpha value is -1.32. The van der Waals surface area contributed by atoms with E-state index in [0.29, 0.717) is 12.8 Å². The minimum atomic E-state index is -1.07. The highest BCUT2D eigenvalue weighted by Gasteiger charge is 2.43. The molecule has 1 rings (SSSR count). The average molecular weight is 198 g/mol. The van der Waals surface area contributed by atoms with Gasteiger partial charge in [-0.05, 0) is 6.42 Å². The van der Waals surface area contributed by atoms with Crippen molar-refractivity contribution in [3.05, 3.63) is 12.2 Å². The zero-order chi connectivity index (χ0) is 10.8. The van der Waals surface area contributed by atoms with Gasteiger partial charge in [0, 0.05) is 12.8 Å². The van der Waals surface area contributed by atoms with Gasteiger partial charge >= 0.3 is 11.9 Å². The smallest absolute Gasteiger partial charge is 0.348 e. The van der Waals surface area contributed by atoms with Gasteiger partial charge in [-0.3, -0.25) is 0 Å². The van der Waals surface area contributed by atoms with Crippen molar-refractivity contribution >= 4 is 11.9 Å². The third kappa shape index (κ3) is 1.78. The van der Waals surface area contributed by atoms with E-state index in [1.807, 2.05) is 13.8 Å². The van der Waals surface area contributed by atoms with E-state index in [0.717, 1.165) is 6.42 Å². The molecule has 0 unspecified atom stereocenters. The first-order valence-electron chi connectivity index (χ1n) is 4.70. The van der Waals surface area contributed by atoms with Gasteiger partial charge in [0.25, 0.3) is 5.79 Å². The van der Waals surface area contributed by atoms with Crippen molar-refractivity contribution in [2.24, 2.45) is 0 Å². The number of carbonyl (C=O) groups excluding carboxylic acids is 2. The fourth-order valence-electron chi connectivity index (χ4n) is 1.37. The molecule has 0 radical (unpaired) electrons. The van der Waals surface area contributed by atoms with Crippen molar-refractivity contribution in [2.75, 3.05) is 0 Å². The van der Waals surface area contributed by atoms with Crippen molar-refractivity contribution in [3.63, 3.8) is 0 Å². The van der Waals surface area contributed by atoms with E-state index in [1.54, 1.807) is 0 Å². The van der Waals surface area contributed by atoms with Crippen LogP contribution in [-0.4, -0.2) is 17.7 Å². The molecular weight excluding hydrogens is 184 g/mol. The molecule has 4 heteroatoms. The summed E-state index contributed by atoms with van der Waals surface area (Å²) in [6.07, 6.45) is 1.76. The van der Waals surface area contributed by atoms with Gasteiger partial charge in [-0.2, -0.15) is 0 Å². The van der Waals surface area contributed by atoms with E-state index in [2.05, 4.69) is 6.58 Å². The van der Waals surface area contributed by atoms with E-state index in [4.69, 9.17) is 9.47 Å². The van der Waals surface area contributed by atoms with Crippen LogP contribution in [0.15, 0.2) is 12.2 Å². The maximum atomic E-state index is 11.2. The summed E-state index contributed by atoms with van der Waals surface area (Å²) in [5, 5.41) is 0. The second-order valence-electron chi connectivity index (χ2n) is 3.27. The van der Waals surface area contributed by atoms with Crippen LogP contribution >= 0.6 is 0 Å². The van der Waals surface area contributed by atoms with Crippen molar-refractivity contribution in [1.82, 2.24) is 0 Å². The molecule has 0 saturated carbocycles. The molecule has 14 heavy (non-hydrogen) atoms. The molecule has 0 bridgehead atoms. The van der Waals surface area contributed by atoms with Gasteiger partial charge in [0.2, 0.25) is 0 Å². The molecule has 1 aliphatic heterocycles. The Morgan fingerprint density at radius 2 is 1.71 bits per heavy atom.